The third kappa shape index (κ3) is 8.85. The van der Waals surface area contributed by atoms with Crippen LogP contribution in [0.3, 0.4) is 0 Å². The summed E-state index contributed by atoms with van der Waals surface area (Å²) in [4.78, 5) is 26.0. The number of carbonyl (C=O) groups excluding carboxylic acids is 1. The molecule has 13 heteroatoms. The highest BCUT2D eigenvalue weighted by Gasteiger charge is 2.26. The van der Waals surface area contributed by atoms with Crippen LogP contribution < -0.4 is 19.6 Å². The minimum Gasteiger partial charge on any atom is -0.487 e. The highest BCUT2D eigenvalue weighted by molar-refractivity contribution is 7.87. The number of para-hydroxylation sites is 1. The van der Waals surface area contributed by atoms with Gasteiger partial charge < -0.3 is 29.5 Å². The summed E-state index contributed by atoms with van der Waals surface area (Å²) < 4.78 is 34.1. The van der Waals surface area contributed by atoms with Crippen molar-refractivity contribution in [3.05, 3.63) is 33.9 Å². The molecule has 0 saturated heterocycles. The third-order valence-electron chi connectivity index (χ3n) is 4.61. The number of nitrogens with one attached hydrogen (secondary N) is 2. The molecule has 0 saturated carbocycles. The van der Waals surface area contributed by atoms with Crippen LogP contribution in [0.15, 0.2) is 18.2 Å². The van der Waals surface area contributed by atoms with E-state index in [-0.39, 0.29) is 62.3 Å². The second-order valence-electron chi connectivity index (χ2n) is 8.01. The van der Waals surface area contributed by atoms with Crippen LogP contribution in [-0.2, 0) is 26.2 Å². The molecule has 12 nitrogen and oxygen atoms in total. The van der Waals surface area contributed by atoms with E-state index < -0.39 is 26.8 Å². The summed E-state index contributed by atoms with van der Waals surface area (Å²) >= 11 is 0. The lowest BCUT2D eigenvalue weighted by molar-refractivity contribution is -0.757. The molecule has 0 spiro atoms. The molecule has 2 rings (SSSR count). The molecular weight excluding hydrogens is 446 g/mol. The number of hydrogen-bond acceptors (Lipinski definition) is 10. The quantitative estimate of drug-likeness (QED) is 0.155. The fourth-order valence-electron chi connectivity index (χ4n) is 2.85. The second kappa shape index (κ2) is 11.3. The van der Waals surface area contributed by atoms with Gasteiger partial charge >= 0.3 is 10.1 Å². The zero-order valence-corrected chi connectivity index (χ0v) is 18.9. The molecule has 1 atom stereocenters. The molecule has 1 aliphatic heterocycles. The summed E-state index contributed by atoms with van der Waals surface area (Å²) in [6.07, 6.45) is -0.244. The summed E-state index contributed by atoms with van der Waals surface area (Å²) in [6.45, 7) is 3.87. The van der Waals surface area contributed by atoms with Crippen LogP contribution in [0.5, 0.6) is 11.5 Å². The molecule has 0 aromatic heterocycles. The molecule has 0 fully saturated rings. The predicted molar refractivity (Wildman–Crippen MR) is 113 cm³/mol. The van der Waals surface area contributed by atoms with E-state index in [0.717, 1.165) is 5.56 Å². The van der Waals surface area contributed by atoms with Crippen LogP contribution in [0.25, 0.3) is 0 Å². The van der Waals surface area contributed by atoms with Crippen molar-refractivity contribution in [2.75, 3.05) is 32.1 Å². The summed E-state index contributed by atoms with van der Waals surface area (Å²) in [7, 11) is -3.64. The standard InChI is InChI=1S/C19H29N3O9S/c1-19(2,13-20-17(24)7-4-9-30-22(25)26)21-11-15(23)12-29-16-6-3-5-14-8-10-32(27,28)31-18(14)16/h3,5-6,15,21,23H,4,7-13H2,1-2H3,(H,20,24). The summed E-state index contributed by atoms with van der Waals surface area (Å²) in [5.74, 6) is 0.0522. The van der Waals surface area contributed by atoms with Gasteiger partial charge in [0.05, 0.1) is 12.4 Å². The number of aliphatic hydroxyl groups excluding tert-OH is 1. The Morgan fingerprint density at radius 1 is 1.41 bits per heavy atom. The molecule has 0 radical (unpaired) electrons. The number of aliphatic hydroxyl groups is 1. The topological polar surface area (TPSA) is 166 Å². The van der Waals surface area contributed by atoms with Crippen molar-refractivity contribution in [2.24, 2.45) is 0 Å². The Morgan fingerprint density at radius 3 is 2.88 bits per heavy atom. The van der Waals surface area contributed by atoms with Gasteiger partial charge in [0.25, 0.3) is 5.09 Å². The van der Waals surface area contributed by atoms with E-state index in [1.807, 2.05) is 13.8 Å². The Labute approximate surface area is 186 Å². The third-order valence-corrected chi connectivity index (χ3v) is 5.74. The van der Waals surface area contributed by atoms with E-state index >= 15 is 0 Å². The lowest BCUT2D eigenvalue weighted by atomic mass is 10.1. The van der Waals surface area contributed by atoms with Crippen LogP contribution in [-0.4, -0.2) is 68.2 Å². The molecule has 0 aliphatic carbocycles. The van der Waals surface area contributed by atoms with Crippen molar-refractivity contribution in [3.63, 3.8) is 0 Å². The molecule has 1 unspecified atom stereocenters. The minimum absolute atomic E-state index is 0.0890. The zero-order valence-electron chi connectivity index (χ0n) is 18.0. The van der Waals surface area contributed by atoms with Crippen LogP contribution in [0.2, 0.25) is 0 Å². The van der Waals surface area contributed by atoms with Crippen molar-refractivity contribution in [2.45, 2.75) is 44.8 Å². The van der Waals surface area contributed by atoms with E-state index in [1.54, 1.807) is 18.2 Å². The van der Waals surface area contributed by atoms with Gasteiger partial charge in [0.15, 0.2) is 11.5 Å². The van der Waals surface area contributed by atoms with Crippen molar-refractivity contribution >= 4 is 16.0 Å². The van der Waals surface area contributed by atoms with E-state index in [1.165, 1.54) is 0 Å². The Hall–Kier alpha value is -2.64. The number of benzene rings is 1. The van der Waals surface area contributed by atoms with Gasteiger partial charge in [-0.2, -0.15) is 8.42 Å². The van der Waals surface area contributed by atoms with Crippen LogP contribution >= 0.6 is 0 Å². The Kier molecular flexibility index (Phi) is 9.04. The maximum atomic E-state index is 11.8. The van der Waals surface area contributed by atoms with Crippen LogP contribution in [0, 0.1) is 10.1 Å². The van der Waals surface area contributed by atoms with Crippen LogP contribution in [0.4, 0.5) is 0 Å². The number of amides is 1. The first-order valence-electron chi connectivity index (χ1n) is 10.1. The smallest absolute Gasteiger partial charge is 0.309 e. The van der Waals surface area contributed by atoms with E-state index in [0.29, 0.717) is 6.42 Å². The predicted octanol–water partition coefficient (Wildman–Crippen LogP) is 0.164. The number of carbonyl (C=O) groups is 1. The molecule has 0 bridgehead atoms. The van der Waals surface area contributed by atoms with E-state index in [9.17, 15) is 28.4 Å². The molecule has 3 N–H and O–H groups in total. The number of hydrogen-bond donors (Lipinski definition) is 3. The summed E-state index contributed by atoms with van der Waals surface area (Å²) in [6, 6.07) is 5.08. The highest BCUT2D eigenvalue weighted by Crippen LogP contribution is 2.35. The molecule has 1 aromatic rings. The molecule has 1 aliphatic rings. The van der Waals surface area contributed by atoms with Gasteiger partial charge in [-0.05, 0) is 32.8 Å². The van der Waals surface area contributed by atoms with Gasteiger partial charge in [-0.25, -0.2) is 0 Å². The lowest BCUT2D eigenvalue weighted by Gasteiger charge is -2.28. The Bertz CT molecular complexity index is 905. The normalized spacial score (nSPS) is 15.7. The first kappa shape index (κ1) is 25.6. The monoisotopic (exact) mass is 475 g/mol. The SMILES string of the molecule is CC(C)(CNC(=O)CCCO[N+](=O)[O-])NCC(O)COc1cccc2c1OS(=O)(=O)CC2. The first-order valence-corrected chi connectivity index (χ1v) is 11.7. The maximum absolute atomic E-state index is 11.8. The zero-order chi connectivity index (χ0) is 23.8. The fourth-order valence-corrected chi connectivity index (χ4v) is 3.85. The van der Waals surface area contributed by atoms with Crippen molar-refractivity contribution < 1.29 is 37.2 Å². The molecular formula is C19H29N3O9S. The Balaban J connectivity index is 1.73. The first-order chi connectivity index (χ1) is 15.0. The molecule has 1 aromatic carbocycles. The van der Waals surface area contributed by atoms with Gasteiger partial charge in [-0.1, -0.05) is 12.1 Å². The summed E-state index contributed by atoms with van der Waals surface area (Å²) in [5.41, 5.74) is 0.184. The molecule has 1 heterocycles. The highest BCUT2D eigenvalue weighted by atomic mass is 32.2. The van der Waals surface area contributed by atoms with Crippen molar-refractivity contribution in [1.82, 2.24) is 10.6 Å². The van der Waals surface area contributed by atoms with E-state index in [4.69, 9.17) is 8.92 Å². The number of nitrogens with zero attached hydrogens (tertiary/aromatic N) is 1. The van der Waals surface area contributed by atoms with Crippen LogP contribution in [0.1, 0.15) is 32.3 Å². The maximum Gasteiger partial charge on any atom is 0.309 e. The minimum atomic E-state index is -3.64. The average molecular weight is 476 g/mol. The van der Waals surface area contributed by atoms with Gasteiger partial charge in [-0.3, -0.25) is 4.79 Å². The molecule has 1 amide bonds. The number of aryl methyl sites for hydroxylation is 1. The number of fused-ring (bicyclic) bond motifs is 1. The number of β-amino-alcohol motifs (C(OH)–C–C–N with tert-alkyl or cyclic N) is 1. The van der Waals surface area contributed by atoms with Gasteiger partial charge in [0, 0.05) is 30.6 Å². The second-order valence-corrected chi connectivity index (χ2v) is 9.70. The Morgan fingerprint density at radius 2 is 2.16 bits per heavy atom. The van der Waals surface area contributed by atoms with E-state index in [2.05, 4.69) is 15.5 Å². The average Bonchev–Trinajstić information content (AvgIpc) is 2.72. The van der Waals surface area contributed by atoms with Crippen molar-refractivity contribution in [1.29, 1.82) is 0 Å². The van der Waals surface area contributed by atoms with Gasteiger partial charge in [-0.15, -0.1) is 10.1 Å². The molecule has 180 valence electrons. The number of ether oxygens (including phenoxy) is 1. The van der Waals surface area contributed by atoms with Gasteiger partial charge in [0.1, 0.15) is 12.7 Å². The number of rotatable bonds is 13. The van der Waals surface area contributed by atoms with Gasteiger partial charge in [0.2, 0.25) is 5.91 Å². The lowest BCUT2D eigenvalue weighted by Crippen LogP contribution is -2.51. The van der Waals surface area contributed by atoms with Crippen molar-refractivity contribution in [3.8, 4) is 11.5 Å². The molecule has 32 heavy (non-hydrogen) atoms. The fraction of sp³-hybridized carbons (Fsp3) is 0.632. The summed E-state index contributed by atoms with van der Waals surface area (Å²) in [5, 5.41) is 25.2. The largest absolute Gasteiger partial charge is 0.487 e.